The highest BCUT2D eigenvalue weighted by atomic mass is 15.2. The molecule has 0 aliphatic rings. The van der Waals surface area contributed by atoms with Crippen molar-refractivity contribution in [2.45, 2.75) is 13.8 Å². The Morgan fingerprint density at radius 2 is 0.730 bits per heavy atom. The van der Waals surface area contributed by atoms with Crippen LogP contribution in [-0.2, 0) is 0 Å². The number of anilines is 6. The van der Waals surface area contributed by atoms with Crippen molar-refractivity contribution < 1.29 is 0 Å². The molecule has 11 aromatic carbocycles. The van der Waals surface area contributed by atoms with Crippen molar-refractivity contribution in [3.8, 4) is 34.6 Å². The molecule has 0 aliphatic carbocycles. The van der Waals surface area contributed by atoms with E-state index in [2.05, 4.69) is 239 Å². The lowest BCUT2D eigenvalue weighted by Gasteiger charge is -2.27. The summed E-state index contributed by atoms with van der Waals surface area (Å²) in [5.41, 5.74) is 18.6. The summed E-state index contributed by atoms with van der Waals surface area (Å²) >= 11 is 0. The van der Waals surface area contributed by atoms with E-state index in [-0.39, 0.29) is 0 Å². The molecule has 0 N–H and O–H groups in total. The van der Waals surface area contributed by atoms with Crippen LogP contribution < -0.4 is 9.80 Å². The van der Waals surface area contributed by atoms with Crippen molar-refractivity contribution in [3.05, 3.63) is 265 Å². The van der Waals surface area contributed by atoms with Crippen molar-refractivity contribution in [1.82, 2.24) is 9.13 Å². The van der Waals surface area contributed by atoms with E-state index in [1.165, 1.54) is 21.9 Å². The van der Waals surface area contributed by atoms with Crippen LogP contribution in [0.2, 0.25) is 0 Å². The van der Waals surface area contributed by atoms with E-state index in [0.717, 1.165) is 100 Å². The monoisotopic (exact) mass is 946 g/mol. The fourth-order valence-electron chi connectivity index (χ4n) is 10.9. The van der Waals surface area contributed by atoms with Crippen LogP contribution in [0.15, 0.2) is 243 Å². The maximum Gasteiger partial charge on any atom is 0.0991 e. The number of aromatic nitrogens is 2. The van der Waals surface area contributed by atoms with Gasteiger partial charge in [-0.15, -0.1) is 0 Å². The first-order chi connectivity index (χ1) is 36.4. The summed E-state index contributed by atoms with van der Waals surface area (Å²) in [5, 5.41) is 26.5. The predicted octanol–water partition coefficient (Wildman–Crippen LogP) is 18.0. The van der Waals surface area contributed by atoms with Gasteiger partial charge in [0.1, 0.15) is 0 Å². The van der Waals surface area contributed by atoms with Gasteiger partial charge in [-0.05, 0) is 170 Å². The normalized spacial score (nSPS) is 11.4. The first-order valence-corrected chi connectivity index (χ1v) is 24.9. The number of fused-ring (bicyclic) bond motifs is 7. The van der Waals surface area contributed by atoms with E-state index in [4.69, 9.17) is 0 Å². The lowest BCUT2D eigenvalue weighted by Crippen LogP contribution is -2.10. The van der Waals surface area contributed by atoms with Gasteiger partial charge in [0.05, 0.1) is 51.0 Å². The molecule has 0 saturated carbocycles. The number of aryl methyl sites for hydroxylation is 2. The second kappa shape index (κ2) is 17.9. The van der Waals surface area contributed by atoms with Crippen molar-refractivity contribution in [1.29, 1.82) is 10.5 Å². The van der Waals surface area contributed by atoms with Gasteiger partial charge in [0, 0.05) is 66.7 Å². The van der Waals surface area contributed by atoms with Gasteiger partial charge < -0.3 is 18.9 Å². The van der Waals surface area contributed by atoms with E-state index in [1.54, 1.807) is 0 Å². The zero-order chi connectivity index (χ0) is 49.9. The lowest BCUT2D eigenvalue weighted by atomic mass is 9.96. The molecule has 74 heavy (non-hydrogen) atoms. The summed E-state index contributed by atoms with van der Waals surface area (Å²) in [6.45, 7) is 4.24. The van der Waals surface area contributed by atoms with Gasteiger partial charge in [0.15, 0.2) is 0 Å². The quantitative estimate of drug-likeness (QED) is 0.145. The number of para-hydroxylation sites is 2. The highest BCUT2D eigenvalue weighted by molar-refractivity contribution is 6.13. The number of hydrogen-bond acceptors (Lipinski definition) is 4. The summed E-state index contributed by atoms with van der Waals surface area (Å²) in [4.78, 5) is 4.59. The molecule has 0 fully saturated rings. The highest BCUT2D eigenvalue weighted by Gasteiger charge is 2.22. The number of nitriles is 2. The average molecular weight is 947 g/mol. The molecule has 348 valence electrons. The van der Waals surface area contributed by atoms with Crippen LogP contribution in [0.25, 0.3) is 76.9 Å². The Labute approximate surface area is 429 Å². The Morgan fingerprint density at radius 1 is 0.324 bits per heavy atom. The number of benzene rings is 11. The van der Waals surface area contributed by atoms with Gasteiger partial charge in [-0.3, -0.25) is 0 Å². The maximum absolute atomic E-state index is 9.83. The topological polar surface area (TPSA) is 63.9 Å². The second-order valence-electron chi connectivity index (χ2n) is 19.0. The molecular formula is C68H46N6. The van der Waals surface area contributed by atoms with Crippen molar-refractivity contribution in [3.63, 3.8) is 0 Å². The Morgan fingerprint density at radius 3 is 1.24 bits per heavy atom. The number of nitrogens with zero attached hydrogens (tertiary/aromatic N) is 6. The van der Waals surface area contributed by atoms with Crippen molar-refractivity contribution in [2.24, 2.45) is 0 Å². The summed E-state index contributed by atoms with van der Waals surface area (Å²) in [5.74, 6) is 0. The average Bonchev–Trinajstić information content (AvgIpc) is 4.00. The second-order valence-corrected chi connectivity index (χ2v) is 19.0. The van der Waals surface area contributed by atoms with E-state index in [9.17, 15) is 10.5 Å². The largest absolute Gasteiger partial charge is 0.310 e. The molecule has 0 saturated heterocycles. The molecule has 6 heteroatoms. The molecule has 0 amide bonds. The third kappa shape index (κ3) is 7.41. The molecule has 2 aromatic heterocycles. The Kier molecular flexibility index (Phi) is 10.6. The molecule has 0 radical (unpaired) electrons. The predicted molar refractivity (Wildman–Crippen MR) is 306 cm³/mol. The van der Waals surface area contributed by atoms with E-state index in [1.807, 2.05) is 48.5 Å². The van der Waals surface area contributed by atoms with Crippen LogP contribution in [0.3, 0.4) is 0 Å². The number of rotatable bonds is 9. The van der Waals surface area contributed by atoms with Crippen LogP contribution in [-0.4, -0.2) is 9.13 Å². The molecule has 0 aliphatic heterocycles. The van der Waals surface area contributed by atoms with Gasteiger partial charge in [-0.1, -0.05) is 114 Å². The molecule has 0 unspecified atom stereocenters. The lowest BCUT2D eigenvalue weighted by molar-refractivity contribution is 1.17. The fraction of sp³-hybridized carbons (Fsp3) is 0.0294. The Bertz CT molecular complexity index is 4380. The molecule has 0 atom stereocenters. The van der Waals surface area contributed by atoms with Crippen LogP contribution in [0.5, 0.6) is 0 Å². The van der Waals surface area contributed by atoms with Crippen LogP contribution in [0.1, 0.15) is 22.3 Å². The minimum atomic E-state index is 0.609. The number of hydrogen-bond donors (Lipinski definition) is 0. The standard InChI is InChI=1S/C68H46N6/c1-45-17-27-53(28-18-45)73-65-14-5-3-9-60(65)62-41-55(37-39-67(62)73)71(50-31-21-47(43-69)22-32-50)51-35-25-49(26-36-51)57-11-7-13-59-58(57)12-8-16-64(59)72(52-33-23-48(44-70)24-34-52)56-38-40-68-63(42-56)61-10-4-6-15-66(61)74(68)54-29-19-46(2)20-30-54/h3-42H,1-2H3. The van der Waals surface area contributed by atoms with E-state index < -0.39 is 0 Å². The Balaban J connectivity index is 0.925. The van der Waals surface area contributed by atoms with Gasteiger partial charge in [-0.25, -0.2) is 0 Å². The van der Waals surface area contributed by atoms with Crippen LogP contribution >= 0.6 is 0 Å². The zero-order valence-electron chi connectivity index (χ0n) is 40.8. The van der Waals surface area contributed by atoms with Crippen LogP contribution in [0.4, 0.5) is 34.1 Å². The minimum absolute atomic E-state index is 0.609. The fourth-order valence-corrected chi connectivity index (χ4v) is 10.9. The third-order valence-corrected chi connectivity index (χ3v) is 14.5. The first-order valence-electron chi connectivity index (χ1n) is 24.9. The van der Waals surface area contributed by atoms with Crippen molar-refractivity contribution >= 4 is 88.5 Å². The maximum atomic E-state index is 9.83. The summed E-state index contributed by atoms with van der Waals surface area (Å²) in [7, 11) is 0. The molecule has 0 bridgehead atoms. The third-order valence-electron chi connectivity index (χ3n) is 14.5. The molecule has 6 nitrogen and oxygen atoms in total. The SMILES string of the molecule is Cc1ccc(-n2c3ccccc3c3cc(N(c4ccc(C#N)cc4)c4ccc(-c5cccc6c(N(c7ccc(C#N)cc7)c7ccc8c(c7)c7ccccc7n8-c7ccc(C)cc7)cccc56)cc4)ccc32)cc1. The zero-order valence-corrected chi connectivity index (χ0v) is 40.8. The summed E-state index contributed by atoms with van der Waals surface area (Å²) in [6.07, 6.45) is 0. The van der Waals surface area contributed by atoms with Gasteiger partial charge in [-0.2, -0.15) is 10.5 Å². The van der Waals surface area contributed by atoms with Crippen molar-refractivity contribution in [2.75, 3.05) is 9.80 Å². The van der Waals surface area contributed by atoms with Crippen LogP contribution in [0, 0.1) is 36.5 Å². The highest BCUT2D eigenvalue weighted by Crippen LogP contribution is 2.45. The first kappa shape index (κ1) is 43.8. The summed E-state index contributed by atoms with van der Waals surface area (Å²) in [6, 6.07) is 90.4. The van der Waals surface area contributed by atoms with E-state index >= 15 is 0 Å². The Hall–Kier alpha value is -10.1. The van der Waals surface area contributed by atoms with Gasteiger partial charge in [0.25, 0.3) is 0 Å². The smallest absolute Gasteiger partial charge is 0.0991 e. The molecule has 13 aromatic rings. The molecule has 13 rings (SSSR count). The molecule has 2 heterocycles. The summed E-state index contributed by atoms with van der Waals surface area (Å²) < 4.78 is 4.70. The minimum Gasteiger partial charge on any atom is -0.310 e. The molecule has 0 spiro atoms. The van der Waals surface area contributed by atoms with E-state index in [0.29, 0.717) is 11.1 Å². The van der Waals surface area contributed by atoms with Gasteiger partial charge in [0.2, 0.25) is 0 Å². The molecular weight excluding hydrogens is 901 g/mol. The van der Waals surface area contributed by atoms with Gasteiger partial charge >= 0.3 is 0 Å².